The molecule has 0 radical (unpaired) electrons. The van der Waals surface area contributed by atoms with Gasteiger partial charge in [0.1, 0.15) is 11.3 Å². The highest BCUT2D eigenvalue weighted by molar-refractivity contribution is 6.08. The van der Waals surface area contributed by atoms with Crippen LogP contribution in [0.1, 0.15) is 22.8 Å². The van der Waals surface area contributed by atoms with Crippen molar-refractivity contribution in [1.29, 1.82) is 0 Å². The Hall–Kier alpha value is -4.02. The van der Waals surface area contributed by atoms with Crippen molar-refractivity contribution >= 4 is 34.1 Å². The van der Waals surface area contributed by atoms with Crippen molar-refractivity contribution in [1.82, 2.24) is 4.98 Å². The minimum Gasteiger partial charge on any atom is -0.462 e. The third-order valence-corrected chi connectivity index (χ3v) is 4.17. The van der Waals surface area contributed by atoms with E-state index in [0.29, 0.717) is 16.8 Å². The molecule has 0 aliphatic rings. The Balaban J connectivity index is 2.22. The average molecular weight is 433 g/mol. The lowest BCUT2D eigenvalue weighted by molar-refractivity contribution is -0.274. The van der Waals surface area contributed by atoms with E-state index >= 15 is 0 Å². The van der Waals surface area contributed by atoms with E-state index in [-0.39, 0.29) is 29.1 Å². The van der Waals surface area contributed by atoms with Gasteiger partial charge in [0.05, 0.1) is 17.8 Å². The zero-order valence-electron chi connectivity index (χ0n) is 16.2. The fraction of sp³-hybridized carbons (Fsp3) is 0.150. The summed E-state index contributed by atoms with van der Waals surface area (Å²) in [4.78, 5) is 16.7. The monoisotopic (exact) mass is 433 g/mol. The van der Waals surface area contributed by atoms with Crippen LogP contribution < -0.4 is 21.6 Å². The number of para-hydroxylation sites is 1. The van der Waals surface area contributed by atoms with Crippen LogP contribution in [0.3, 0.4) is 0 Å². The highest BCUT2D eigenvalue weighted by Crippen LogP contribution is 2.34. The number of anilines is 2. The Kier molecular flexibility index (Phi) is 6.14. The van der Waals surface area contributed by atoms with Crippen molar-refractivity contribution in [3.05, 3.63) is 59.8 Å². The zero-order valence-corrected chi connectivity index (χ0v) is 16.2. The summed E-state index contributed by atoms with van der Waals surface area (Å²) in [5.74, 6) is 4.12. The van der Waals surface area contributed by atoms with E-state index < -0.39 is 18.1 Å². The predicted molar refractivity (Wildman–Crippen MR) is 109 cm³/mol. The summed E-state index contributed by atoms with van der Waals surface area (Å²) in [6, 6.07) is 10.3. The number of carbonyl (C=O) groups is 1. The summed E-state index contributed by atoms with van der Waals surface area (Å²) in [6.07, 6.45) is -3.61. The molecule has 3 aromatic rings. The van der Waals surface area contributed by atoms with Crippen LogP contribution in [0, 0.1) is 0 Å². The number of hydrogen-bond donors (Lipinski definition) is 3. The van der Waals surface area contributed by atoms with E-state index in [1.807, 2.05) is 0 Å². The van der Waals surface area contributed by atoms with Crippen LogP contribution in [0.25, 0.3) is 10.9 Å². The number of rotatable bonds is 6. The molecule has 5 N–H and O–H groups in total. The number of hydrogen-bond acceptors (Lipinski definition) is 7. The van der Waals surface area contributed by atoms with Crippen molar-refractivity contribution in [2.45, 2.75) is 13.3 Å². The number of pyridine rings is 1. The van der Waals surface area contributed by atoms with Crippen LogP contribution in [0.2, 0.25) is 0 Å². The molecule has 0 aliphatic heterocycles. The van der Waals surface area contributed by atoms with Gasteiger partial charge in [0.2, 0.25) is 0 Å². The number of amidine groups is 1. The summed E-state index contributed by atoms with van der Waals surface area (Å²) >= 11 is 0. The molecule has 0 amide bonds. The third-order valence-electron chi connectivity index (χ3n) is 4.17. The van der Waals surface area contributed by atoms with Gasteiger partial charge < -0.3 is 26.4 Å². The Morgan fingerprint density at radius 2 is 1.94 bits per heavy atom. The lowest BCUT2D eigenvalue weighted by Gasteiger charge is -2.17. The van der Waals surface area contributed by atoms with Gasteiger partial charge >= 0.3 is 12.3 Å². The van der Waals surface area contributed by atoms with Crippen molar-refractivity contribution in [3.63, 3.8) is 0 Å². The summed E-state index contributed by atoms with van der Waals surface area (Å²) in [6.45, 7) is 1.72. The molecule has 8 nitrogen and oxygen atoms in total. The fourth-order valence-corrected chi connectivity index (χ4v) is 2.89. The first-order valence-corrected chi connectivity index (χ1v) is 8.99. The van der Waals surface area contributed by atoms with Gasteiger partial charge in [-0.2, -0.15) is 5.10 Å². The maximum Gasteiger partial charge on any atom is 0.573 e. The van der Waals surface area contributed by atoms with E-state index in [1.165, 1.54) is 12.3 Å². The molecule has 1 aromatic heterocycles. The van der Waals surface area contributed by atoms with Gasteiger partial charge in [0.15, 0.2) is 5.84 Å². The average Bonchev–Trinajstić information content (AvgIpc) is 2.73. The number of alkyl halides is 3. The minimum atomic E-state index is -4.88. The highest BCUT2D eigenvalue weighted by Gasteiger charge is 2.31. The first kappa shape index (κ1) is 21.7. The van der Waals surface area contributed by atoms with Crippen LogP contribution in [0.4, 0.5) is 24.5 Å². The van der Waals surface area contributed by atoms with Gasteiger partial charge in [-0.05, 0) is 37.3 Å². The number of nitrogens with two attached hydrogens (primary N) is 2. The Bertz CT molecular complexity index is 1150. The maximum absolute atomic E-state index is 12.7. The molecule has 0 saturated heterocycles. The Labute approximate surface area is 174 Å². The Morgan fingerprint density at radius 3 is 2.61 bits per heavy atom. The molecule has 0 atom stereocenters. The molecule has 162 valence electrons. The summed E-state index contributed by atoms with van der Waals surface area (Å²) in [7, 11) is 0. The molecule has 3 rings (SSSR count). The second-order valence-electron chi connectivity index (χ2n) is 6.18. The van der Waals surface area contributed by atoms with Gasteiger partial charge in [-0.25, -0.2) is 4.79 Å². The van der Waals surface area contributed by atoms with Crippen LogP contribution in [0.5, 0.6) is 5.75 Å². The number of nitrogens with one attached hydrogen (secondary N) is 1. The fourth-order valence-electron chi connectivity index (χ4n) is 2.89. The standard InChI is InChI=1S/C20H18F3N5O3/c1-2-30-19(29)14-10-26-15-8-7-11(31-20(21,22)23)9-13(15)17(14)27-16-6-4-3-5-12(16)18(24)28-25/h3-10H,2,25H2,1H3,(H2,24,28)(H,26,27). The number of nitrogens with zero attached hydrogens (tertiary/aromatic N) is 2. The van der Waals surface area contributed by atoms with E-state index in [2.05, 4.69) is 20.1 Å². The number of carbonyl (C=O) groups excluding carboxylic acids is 1. The molecular weight excluding hydrogens is 415 g/mol. The van der Waals surface area contributed by atoms with Gasteiger partial charge in [0, 0.05) is 22.8 Å². The summed E-state index contributed by atoms with van der Waals surface area (Å²) in [5, 5.41) is 6.70. The second kappa shape index (κ2) is 8.78. The lowest BCUT2D eigenvalue weighted by atomic mass is 10.1. The molecule has 0 aliphatic carbocycles. The summed E-state index contributed by atoms with van der Waals surface area (Å²) < 4.78 is 47.2. The molecule has 0 fully saturated rings. The van der Waals surface area contributed by atoms with Crippen LogP contribution >= 0.6 is 0 Å². The largest absolute Gasteiger partial charge is 0.573 e. The number of ether oxygens (including phenoxy) is 2. The van der Waals surface area contributed by atoms with Crippen molar-refractivity contribution < 1.29 is 27.4 Å². The molecule has 1 heterocycles. The molecule has 0 bridgehead atoms. The predicted octanol–water partition coefficient (Wildman–Crippen LogP) is 3.63. The quantitative estimate of drug-likeness (QED) is 0.178. The van der Waals surface area contributed by atoms with Crippen LogP contribution in [-0.2, 0) is 4.74 Å². The van der Waals surface area contributed by atoms with Crippen molar-refractivity contribution in [3.8, 4) is 5.75 Å². The molecule has 2 aromatic carbocycles. The van der Waals surface area contributed by atoms with Gasteiger partial charge in [0.25, 0.3) is 0 Å². The first-order chi connectivity index (χ1) is 14.7. The van der Waals surface area contributed by atoms with E-state index in [1.54, 1.807) is 31.2 Å². The topological polar surface area (TPSA) is 125 Å². The number of halogens is 3. The summed E-state index contributed by atoms with van der Waals surface area (Å²) in [5.41, 5.74) is 7.16. The number of benzene rings is 2. The number of hydrazone groups is 1. The van der Waals surface area contributed by atoms with Gasteiger partial charge in [-0.3, -0.25) is 4.98 Å². The number of esters is 1. The smallest absolute Gasteiger partial charge is 0.462 e. The second-order valence-corrected chi connectivity index (χ2v) is 6.18. The van der Waals surface area contributed by atoms with Crippen LogP contribution in [0.15, 0.2) is 53.8 Å². The lowest BCUT2D eigenvalue weighted by Crippen LogP contribution is -2.18. The van der Waals surface area contributed by atoms with E-state index in [9.17, 15) is 18.0 Å². The molecular formula is C20H18F3N5O3. The Morgan fingerprint density at radius 1 is 1.19 bits per heavy atom. The van der Waals surface area contributed by atoms with Crippen molar-refractivity contribution in [2.24, 2.45) is 16.7 Å². The SMILES string of the molecule is CCOC(=O)c1cnc2ccc(OC(F)(F)F)cc2c1Nc1ccccc1/C(N)=N/N. The normalized spacial score (nSPS) is 11.9. The molecule has 11 heteroatoms. The number of aromatic nitrogens is 1. The van der Waals surface area contributed by atoms with E-state index in [4.69, 9.17) is 16.3 Å². The van der Waals surface area contributed by atoms with Crippen LogP contribution in [-0.4, -0.2) is 29.8 Å². The van der Waals surface area contributed by atoms with Gasteiger partial charge in [-0.15, -0.1) is 13.2 Å². The highest BCUT2D eigenvalue weighted by atomic mass is 19.4. The first-order valence-electron chi connectivity index (χ1n) is 8.99. The maximum atomic E-state index is 12.7. The van der Waals surface area contributed by atoms with E-state index in [0.717, 1.165) is 12.1 Å². The number of fused-ring (bicyclic) bond motifs is 1. The van der Waals surface area contributed by atoms with Crippen molar-refractivity contribution in [2.75, 3.05) is 11.9 Å². The third kappa shape index (κ3) is 4.94. The molecule has 0 saturated carbocycles. The molecule has 31 heavy (non-hydrogen) atoms. The molecule has 0 unspecified atom stereocenters. The zero-order chi connectivity index (χ0) is 22.6. The minimum absolute atomic E-state index is 0.0107. The molecule has 0 spiro atoms. The van der Waals surface area contributed by atoms with Gasteiger partial charge in [-0.1, -0.05) is 12.1 Å².